The molecule has 0 amide bonds. The van der Waals surface area contributed by atoms with Crippen molar-refractivity contribution in [3.63, 3.8) is 0 Å². The van der Waals surface area contributed by atoms with Gasteiger partial charge in [0.1, 0.15) is 0 Å². The Morgan fingerprint density at radius 3 is 1.27 bits per heavy atom. The molecule has 0 saturated carbocycles. The molecule has 2 heteroatoms. The maximum Gasteiger partial charge on any atom is 0.330 e. The second-order valence-electron chi connectivity index (χ2n) is 11.0. The van der Waals surface area contributed by atoms with E-state index in [0.717, 1.165) is 18.4 Å². The molecule has 0 spiro atoms. The van der Waals surface area contributed by atoms with E-state index in [1.165, 1.54) is 147 Å². The molecule has 1 aromatic rings. The molecule has 0 aromatic heterocycles. The van der Waals surface area contributed by atoms with Crippen LogP contribution in [0.3, 0.4) is 0 Å². The topological polar surface area (TPSA) is 26.3 Å². The molecule has 0 unspecified atom stereocenters. The molecule has 1 aromatic carbocycles. The van der Waals surface area contributed by atoms with E-state index < -0.39 is 0 Å². The third-order valence-corrected chi connectivity index (χ3v) is 7.45. The first-order valence-electron chi connectivity index (χ1n) is 16.2. The SMILES string of the molecule is CCCCCCCCCCCCCCCCCCCCCCCCCCOC(=O)/C=C/c1ccccc1. The average molecular weight is 513 g/mol. The summed E-state index contributed by atoms with van der Waals surface area (Å²) in [6.07, 6.45) is 36.8. The van der Waals surface area contributed by atoms with E-state index in [4.69, 9.17) is 4.74 Å². The Labute approximate surface area is 231 Å². The summed E-state index contributed by atoms with van der Waals surface area (Å²) in [6, 6.07) is 9.85. The lowest BCUT2D eigenvalue weighted by atomic mass is 10.0. The number of carbonyl (C=O) groups is 1. The second kappa shape index (κ2) is 27.5. The number of hydrogen-bond donors (Lipinski definition) is 0. The highest BCUT2D eigenvalue weighted by Gasteiger charge is 1.98. The van der Waals surface area contributed by atoms with E-state index in [1.54, 1.807) is 0 Å². The molecule has 0 fully saturated rings. The van der Waals surface area contributed by atoms with Crippen molar-refractivity contribution < 1.29 is 9.53 Å². The summed E-state index contributed by atoms with van der Waals surface area (Å²) >= 11 is 0. The smallest absolute Gasteiger partial charge is 0.330 e. The highest BCUT2D eigenvalue weighted by atomic mass is 16.5. The lowest BCUT2D eigenvalue weighted by molar-refractivity contribution is -0.137. The first kappa shape index (κ1) is 33.5. The first-order valence-corrected chi connectivity index (χ1v) is 16.2. The lowest BCUT2D eigenvalue weighted by Crippen LogP contribution is -2.02. The van der Waals surface area contributed by atoms with Gasteiger partial charge in [0.15, 0.2) is 0 Å². The van der Waals surface area contributed by atoms with Crippen LogP contribution in [-0.4, -0.2) is 12.6 Å². The zero-order valence-electron chi connectivity index (χ0n) is 24.5. The predicted molar refractivity (Wildman–Crippen MR) is 163 cm³/mol. The van der Waals surface area contributed by atoms with Crippen molar-refractivity contribution in [1.29, 1.82) is 0 Å². The minimum absolute atomic E-state index is 0.238. The van der Waals surface area contributed by atoms with Crippen molar-refractivity contribution in [2.24, 2.45) is 0 Å². The number of carbonyl (C=O) groups excluding carboxylic acids is 1. The highest BCUT2D eigenvalue weighted by Crippen LogP contribution is 2.15. The molecule has 0 saturated heterocycles. The van der Waals surface area contributed by atoms with Crippen molar-refractivity contribution in [2.45, 2.75) is 161 Å². The minimum atomic E-state index is -0.238. The van der Waals surface area contributed by atoms with Gasteiger partial charge in [-0.1, -0.05) is 185 Å². The number of ether oxygens (including phenoxy) is 1. The van der Waals surface area contributed by atoms with E-state index in [2.05, 4.69) is 6.92 Å². The molecule has 0 radical (unpaired) electrons. The summed E-state index contributed by atoms with van der Waals surface area (Å²) in [7, 11) is 0. The van der Waals surface area contributed by atoms with Crippen molar-refractivity contribution in [3.8, 4) is 0 Å². The van der Waals surface area contributed by atoms with E-state index in [9.17, 15) is 4.79 Å². The molecule has 0 aliphatic carbocycles. The maximum atomic E-state index is 11.7. The predicted octanol–water partition coefficient (Wildman–Crippen LogP) is 11.6. The molecule has 0 bridgehead atoms. The van der Waals surface area contributed by atoms with Gasteiger partial charge in [0.05, 0.1) is 6.61 Å². The monoisotopic (exact) mass is 512 g/mol. The zero-order chi connectivity index (χ0) is 26.5. The Kier molecular flexibility index (Phi) is 24.8. The highest BCUT2D eigenvalue weighted by molar-refractivity contribution is 5.86. The quantitative estimate of drug-likeness (QED) is 0.0665. The maximum absolute atomic E-state index is 11.7. The molecular formula is C35H60O2. The minimum Gasteiger partial charge on any atom is -0.463 e. The summed E-state index contributed by atoms with van der Waals surface area (Å²) in [5.41, 5.74) is 1.02. The Bertz CT molecular complexity index is 621. The van der Waals surface area contributed by atoms with Crippen LogP contribution in [0.15, 0.2) is 36.4 Å². The molecular weight excluding hydrogens is 452 g/mol. The molecule has 0 N–H and O–H groups in total. The summed E-state index contributed by atoms with van der Waals surface area (Å²) < 4.78 is 5.29. The third-order valence-electron chi connectivity index (χ3n) is 7.45. The van der Waals surface area contributed by atoms with Gasteiger partial charge in [0, 0.05) is 6.08 Å². The van der Waals surface area contributed by atoms with Crippen LogP contribution in [0.2, 0.25) is 0 Å². The standard InChI is InChI=1S/C35H60O2/c1-2-3-4-5-6-7-8-9-10-11-12-13-14-15-16-17-18-19-20-21-22-23-24-28-33-37-35(36)32-31-34-29-26-25-27-30-34/h25-27,29-32H,2-24,28,33H2,1H3/b32-31+. The number of rotatable bonds is 27. The van der Waals surface area contributed by atoms with E-state index >= 15 is 0 Å². The molecule has 0 atom stereocenters. The number of unbranched alkanes of at least 4 members (excludes halogenated alkanes) is 23. The van der Waals surface area contributed by atoms with Gasteiger partial charge in [-0.25, -0.2) is 4.79 Å². The first-order chi connectivity index (χ1) is 18.3. The second-order valence-corrected chi connectivity index (χ2v) is 11.0. The van der Waals surface area contributed by atoms with Crippen molar-refractivity contribution in [3.05, 3.63) is 42.0 Å². The fraction of sp³-hybridized carbons (Fsp3) is 0.743. The number of esters is 1. The van der Waals surface area contributed by atoms with Crippen LogP contribution in [0.1, 0.15) is 167 Å². The molecule has 1 rings (SSSR count). The van der Waals surface area contributed by atoms with Crippen LogP contribution < -0.4 is 0 Å². The van der Waals surface area contributed by atoms with Crippen LogP contribution >= 0.6 is 0 Å². The van der Waals surface area contributed by atoms with Crippen LogP contribution in [0.4, 0.5) is 0 Å². The number of hydrogen-bond acceptors (Lipinski definition) is 2. The van der Waals surface area contributed by atoms with Crippen LogP contribution in [0, 0.1) is 0 Å². The Morgan fingerprint density at radius 1 is 0.541 bits per heavy atom. The Hall–Kier alpha value is -1.57. The molecule has 37 heavy (non-hydrogen) atoms. The summed E-state index contributed by atoms with van der Waals surface area (Å²) in [4.78, 5) is 11.7. The fourth-order valence-corrected chi connectivity index (χ4v) is 5.01. The molecule has 0 aliphatic rings. The lowest BCUT2D eigenvalue weighted by Gasteiger charge is -2.04. The summed E-state index contributed by atoms with van der Waals surface area (Å²) in [5.74, 6) is -0.238. The van der Waals surface area contributed by atoms with Crippen molar-refractivity contribution >= 4 is 12.0 Å². The van der Waals surface area contributed by atoms with Crippen LogP contribution in [-0.2, 0) is 9.53 Å². The number of benzene rings is 1. The largest absolute Gasteiger partial charge is 0.463 e. The van der Waals surface area contributed by atoms with Crippen molar-refractivity contribution in [2.75, 3.05) is 6.61 Å². The van der Waals surface area contributed by atoms with Gasteiger partial charge >= 0.3 is 5.97 Å². The van der Waals surface area contributed by atoms with E-state index in [0.29, 0.717) is 6.61 Å². The van der Waals surface area contributed by atoms with E-state index in [1.807, 2.05) is 36.4 Å². The molecule has 2 nitrogen and oxygen atoms in total. The van der Waals surface area contributed by atoms with Gasteiger partial charge < -0.3 is 4.74 Å². The van der Waals surface area contributed by atoms with Gasteiger partial charge in [-0.05, 0) is 18.1 Å². The van der Waals surface area contributed by atoms with Crippen LogP contribution in [0.5, 0.6) is 0 Å². The Balaban J connectivity index is 1.69. The van der Waals surface area contributed by atoms with Crippen LogP contribution in [0.25, 0.3) is 6.08 Å². The van der Waals surface area contributed by atoms with Crippen molar-refractivity contribution in [1.82, 2.24) is 0 Å². The van der Waals surface area contributed by atoms with E-state index in [-0.39, 0.29) is 5.97 Å². The van der Waals surface area contributed by atoms with Gasteiger partial charge in [-0.15, -0.1) is 0 Å². The normalized spacial score (nSPS) is 11.4. The summed E-state index contributed by atoms with van der Waals surface area (Å²) in [6.45, 7) is 2.84. The third kappa shape index (κ3) is 24.5. The van der Waals surface area contributed by atoms with Gasteiger partial charge in [-0.3, -0.25) is 0 Å². The molecule has 212 valence electrons. The molecule has 0 aliphatic heterocycles. The fourth-order valence-electron chi connectivity index (χ4n) is 5.01. The molecule has 0 heterocycles. The van der Waals surface area contributed by atoms with Gasteiger partial charge in [0.25, 0.3) is 0 Å². The summed E-state index contributed by atoms with van der Waals surface area (Å²) in [5, 5.41) is 0. The average Bonchev–Trinajstić information content (AvgIpc) is 2.92. The Morgan fingerprint density at radius 2 is 0.892 bits per heavy atom. The van der Waals surface area contributed by atoms with Gasteiger partial charge in [0.2, 0.25) is 0 Å². The van der Waals surface area contributed by atoms with Gasteiger partial charge in [-0.2, -0.15) is 0 Å². The zero-order valence-corrected chi connectivity index (χ0v) is 24.5.